The zero-order valence-corrected chi connectivity index (χ0v) is 13.0. The molecule has 21 heavy (non-hydrogen) atoms. The van der Waals surface area contributed by atoms with Gasteiger partial charge in [0.15, 0.2) is 0 Å². The van der Waals surface area contributed by atoms with Crippen LogP contribution in [0.5, 0.6) is 0 Å². The summed E-state index contributed by atoms with van der Waals surface area (Å²) in [6.45, 7) is 8.41. The summed E-state index contributed by atoms with van der Waals surface area (Å²) in [5.74, 6) is 0.0235. The molecule has 0 saturated carbocycles. The Balaban J connectivity index is 3.14. The van der Waals surface area contributed by atoms with Crippen molar-refractivity contribution in [3.05, 3.63) is 33.9 Å². The number of nitro benzene ring substituents is 1. The van der Waals surface area contributed by atoms with Crippen molar-refractivity contribution in [3.8, 4) is 0 Å². The average Bonchev–Trinajstić information content (AvgIpc) is 2.44. The van der Waals surface area contributed by atoms with Crippen LogP contribution in [0.15, 0.2) is 18.2 Å². The maximum absolute atomic E-state index is 12.4. The summed E-state index contributed by atoms with van der Waals surface area (Å²) < 4.78 is 0. The lowest BCUT2D eigenvalue weighted by atomic mass is 10.0. The number of para-hydroxylation sites is 1. The van der Waals surface area contributed by atoms with Crippen molar-refractivity contribution in [2.45, 2.75) is 40.2 Å². The molecule has 2 N–H and O–H groups in total. The molecule has 0 bridgehead atoms. The van der Waals surface area contributed by atoms with Crippen LogP contribution in [0.4, 0.5) is 11.4 Å². The third-order valence-electron chi connectivity index (χ3n) is 3.40. The largest absolute Gasteiger partial charge is 0.379 e. The fourth-order valence-corrected chi connectivity index (χ4v) is 2.23. The number of carbonyl (C=O) groups is 1. The SMILES string of the molecule is CCNc1c(C(=O)NC(CC)C(C)C)cccc1[N+](=O)[O-]. The van der Waals surface area contributed by atoms with Crippen LogP contribution in [0.2, 0.25) is 0 Å². The summed E-state index contributed by atoms with van der Waals surface area (Å²) in [6, 6.07) is 4.58. The van der Waals surface area contributed by atoms with Gasteiger partial charge in [0, 0.05) is 18.7 Å². The molecule has 0 saturated heterocycles. The Labute approximate surface area is 125 Å². The number of nitro groups is 1. The van der Waals surface area contributed by atoms with Crippen LogP contribution in [-0.2, 0) is 0 Å². The molecular weight excluding hydrogens is 270 g/mol. The Morgan fingerprint density at radius 2 is 2.00 bits per heavy atom. The van der Waals surface area contributed by atoms with Gasteiger partial charge in [-0.3, -0.25) is 14.9 Å². The lowest BCUT2D eigenvalue weighted by molar-refractivity contribution is -0.384. The fraction of sp³-hybridized carbons (Fsp3) is 0.533. The van der Waals surface area contributed by atoms with Crippen molar-refractivity contribution in [1.82, 2.24) is 5.32 Å². The van der Waals surface area contributed by atoms with Crippen molar-refractivity contribution in [2.75, 3.05) is 11.9 Å². The Kier molecular flexibility index (Phi) is 6.14. The predicted octanol–water partition coefficient (Wildman–Crippen LogP) is 3.19. The molecule has 0 radical (unpaired) electrons. The van der Waals surface area contributed by atoms with Gasteiger partial charge in [-0.1, -0.05) is 26.8 Å². The molecule has 1 rings (SSSR count). The van der Waals surface area contributed by atoms with Crippen molar-refractivity contribution < 1.29 is 9.72 Å². The zero-order valence-electron chi connectivity index (χ0n) is 13.0. The lowest BCUT2D eigenvalue weighted by Gasteiger charge is -2.21. The van der Waals surface area contributed by atoms with E-state index in [4.69, 9.17) is 0 Å². The molecule has 1 amide bonds. The monoisotopic (exact) mass is 293 g/mol. The molecule has 0 aliphatic heterocycles. The number of carbonyl (C=O) groups excluding carboxylic acids is 1. The van der Waals surface area contributed by atoms with Crippen LogP contribution in [0.25, 0.3) is 0 Å². The first kappa shape index (κ1) is 16.9. The summed E-state index contributed by atoms with van der Waals surface area (Å²) in [7, 11) is 0. The van der Waals surface area contributed by atoms with Gasteiger partial charge in [0.05, 0.1) is 10.5 Å². The van der Waals surface area contributed by atoms with E-state index in [1.807, 2.05) is 27.7 Å². The number of hydrogen-bond acceptors (Lipinski definition) is 4. The van der Waals surface area contributed by atoms with Gasteiger partial charge in [-0.25, -0.2) is 0 Å². The van der Waals surface area contributed by atoms with Crippen molar-refractivity contribution in [2.24, 2.45) is 5.92 Å². The van der Waals surface area contributed by atoms with E-state index in [1.165, 1.54) is 12.1 Å². The molecular formula is C15H23N3O3. The number of hydrogen-bond donors (Lipinski definition) is 2. The van der Waals surface area contributed by atoms with Gasteiger partial charge < -0.3 is 10.6 Å². The third-order valence-corrected chi connectivity index (χ3v) is 3.40. The Morgan fingerprint density at radius 3 is 2.48 bits per heavy atom. The minimum Gasteiger partial charge on any atom is -0.379 e. The van der Waals surface area contributed by atoms with E-state index in [0.29, 0.717) is 18.0 Å². The van der Waals surface area contributed by atoms with E-state index in [0.717, 1.165) is 6.42 Å². The van der Waals surface area contributed by atoms with Gasteiger partial charge in [0.25, 0.3) is 11.6 Å². The number of amides is 1. The van der Waals surface area contributed by atoms with Gasteiger partial charge in [0.1, 0.15) is 5.69 Å². The minimum absolute atomic E-state index is 0.0474. The van der Waals surface area contributed by atoms with Crippen LogP contribution < -0.4 is 10.6 Å². The Bertz CT molecular complexity index is 515. The van der Waals surface area contributed by atoms with Crippen LogP contribution in [0, 0.1) is 16.0 Å². The molecule has 0 aliphatic carbocycles. The molecule has 0 heterocycles. The minimum atomic E-state index is -0.478. The molecule has 0 spiro atoms. The standard InChI is InChI=1S/C15H23N3O3/c1-5-12(10(3)4)17-15(19)11-8-7-9-13(18(20)21)14(11)16-6-2/h7-10,12,16H,5-6H2,1-4H3,(H,17,19). The molecule has 1 aromatic carbocycles. The van der Waals surface area contributed by atoms with E-state index in [1.54, 1.807) is 6.07 Å². The van der Waals surface area contributed by atoms with Gasteiger partial charge >= 0.3 is 0 Å². The number of rotatable bonds is 7. The summed E-state index contributed by atoms with van der Waals surface area (Å²) in [4.78, 5) is 23.0. The molecule has 6 heteroatoms. The van der Waals surface area contributed by atoms with Crippen molar-refractivity contribution in [1.29, 1.82) is 0 Å². The van der Waals surface area contributed by atoms with Gasteiger partial charge in [0.2, 0.25) is 0 Å². The molecule has 1 unspecified atom stereocenters. The molecule has 1 aromatic rings. The number of benzene rings is 1. The highest BCUT2D eigenvalue weighted by atomic mass is 16.6. The van der Waals surface area contributed by atoms with Crippen LogP contribution >= 0.6 is 0 Å². The zero-order chi connectivity index (χ0) is 16.0. The molecule has 6 nitrogen and oxygen atoms in total. The molecule has 0 aromatic heterocycles. The second kappa shape index (κ2) is 7.61. The van der Waals surface area contributed by atoms with E-state index < -0.39 is 4.92 Å². The van der Waals surface area contributed by atoms with Crippen molar-refractivity contribution >= 4 is 17.3 Å². The van der Waals surface area contributed by atoms with E-state index in [9.17, 15) is 14.9 Å². The van der Waals surface area contributed by atoms with Gasteiger partial charge in [-0.15, -0.1) is 0 Å². The summed E-state index contributed by atoms with van der Waals surface area (Å²) in [6.07, 6.45) is 0.814. The van der Waals surface area contributed by atoms with Gasteiger partial charge in [-0.2, -0.15) is 0 Å². The first-order valence-electron chi connectivity index (χ1n) is 7.24. The number of anilines is 1. The highest BCUT2D eigenvalue weighted by molar-refractivity contribution is 6.01. The van der Waals surface area contributed by atoms with E-state index in [-0.39, 0.29) is 23.3 Å². The number of nitrogens with zero attached hydrogens (tertiary/aromatic N) is 1. The molecule has 0 aliphatic rings. The highest BCUT2D eigenvalue weighted by Gasteiger charge is 2.23. The van der Waals surface area contributed by atoms with Crippen molar-refractivity contribution in [3.63, 3.8) is 0 Å². The first-order chi connectivity index (χ1) is 9.92. The van der Waals surface area contributed by atoms with Gasteiger partial charge in [-0.05, 0) is 25.3 Å². The number of nitrogens with one attached hydrogen (secondary N) is 2. The maximum atomic E-state index is 12.4. The van der Waals surface area contributed by atoms with Crippen LogP contribution in [0.3, 0.4) is 0 Å². The lowest BCUT2D eigenvalue weighted by Crippen LogP contribution is -2.38. The van der Waals surface area contributed by atoms with Crippen LogP contribution in [0.1, 0.15) is 44.5 Å². The summed E-state index contributed by atoms with van der Waals surface area (Å²) >= 11 is 0. The first-order valence-corrected chi connectivity index (χ1v) is 7.24. The molecule has 0 fully saturated rings. The predicted molar refractivity (Wildman–Crippen MR) is 83.6 cm³/mol. The second-order valence-electron chi connectivity index (χ2n) is 5.22. The van der Waals surface area contributed by atoms with Crippen LogP contribution in [-0.4, -0.2) is 23.4 Å². The third kappa shape index (κ3) is 4.18. The fourth-order valence-electron chi connectivity index (χ4n) is 2.23. The van der Waals surface area contributed by atoms with E-state index in [2.05, 4.69) is 10.6 Å². The summed E-state index contributed by atoms with van der Waals surface area (Å²) in [5.41, 5.74) is 0.508. The smallest absolute Gasteiger partial charge is 0.293 e. The average molecular weight is 293 g/mol. The highest BCUT2D eigenvalue weighted by Crippen LogP contribution is 2.28. The normalized spacial score (nSPS) is 12.0. The van der Waals surface area contributed by atoms with E-state index >= 15 is 0 Å². The Hall–Kier alpha value is -2.11. The maximum Gasteiger partial charge on any atom is 0.293 e. The topological polar surface area (TPSA) is 84.3 Å². The quantitative estimate of drug-likeness (QED) is 0.597. The summed E-state index contributed by atoms with van der Waals surface area (Å²) in [5, 5.41) is 17.0. The molecule has 1 atom stereocenters. The molecule has 116 valence electrons. The second-order valence-corrected chi connectivity index (χ2v) is 5.22. The Morgan fingerprint density at radius 1 is 1.33 bits per heavy atom.